The van der Waals surface area contributed by atoms with Gasteiger partial charge in [0.1, 0.15) is 0 Å². The van der Waals surface area contributed by atoms with E-state index in [2.05, 4.69) is 5.32 Å². The molecule has 0 aliphatic carbocycles. The van der Waals surface area contributed by atoms with Gasteiger partial charge in [-0.1, -0.05) is 6.92 Å². The average Bonchev–Trinajstić information content (AvgIpc) is 2.30. The summed E-state index contributed by atoms with van der Waals surface area (Å²) < 4.78 is 0. The second-order valence-corrected chi connectivity index (χ2v) is 3.54. The molecule has 0 unspecified atom stereocenters. The highest BCUT2D eigenvalue weighted by Crippen LogP contribution is 2.18. The van der Waals surface area contributed by atoms with Gasteiger partial charge in [0.15, 0.2) is 0 Å². The fourth-order valence-corrected chi connectivity index (χ4v) is 1.36. The molecule has 0 aromatic heterocycles. The van der Waals surface area contributed by atoms with E-state index in [0.29, 0.717) is 25.3 Å². The van der Waals surface area contributed by atoms with Crippen LogP contribution in [0.4, 0.5) is 11.4 Å². The summed E-state index contributed by atoms with van der Waals surface area (Å²) in [6, 6.07) is 5.52. The Morgan fingerprint density at radius 2 is 2.19 bits per heavy atom. The van der Waals surface area contributed by atoms with Crippen LogP contribution in [0.1, 0.15) is 12.5 Å². The minimum atomic E-state index is 0.0841. The zero-order valence-corrected chi connectivity index (χ0v) is 9.48. The van der Waals surface area contributed by atoms with E-state index in [4.69, 9.17) is 10.8 Å². The monoisotopic (exact) mass is 225 g/mol. The van der Waals surface area contributed by atoms with Crippen LogP contribution in [0.2, 0.25) is 0 Å². The summed E-state index contributed by atoms with van der Waals surface area (Å²) in [5, 5.41) is 22.4. The normalized spacial score (nSPS) is 10.8. The number of hydrogen-bond donors (Lipinski definition) is 4. The van der Waals surface area contributed by atoms with Gasteiger partial charge in [0.25, 0.3) is 0 Å². The molecule has 0 amide bonds. The Balaban J connectivity index is 2.73. The first kappa shape index (κ1) is 12.8. The lowest BCUT2D eigenvalue weighted by molar-refractivity contribution is -0.0944. The van der Waals surface area contributed by atoms with E-state index in [-0.39, 0.29) is 6.61 Å². The van der Waals surface area contributed by atoms with Crippen LogP contribution < -0.4 is 11.1 Å². The molecule has 0 aliphatic heterocycles. The fraction of sp³-hybridized carbons (Fsp3) is 0.455. The minimum Gasteiger partial charge on any atom is -0.398 e. The molecule has 0 heterocycles. The molecular weight excluding hydrogens is 206 g/mol. The van der Waals surface area contributed by atoms with Gasteiger partial charge in [0.2, 0.25) is 0 Å². The zero-order chi connectivity index (χ0) is 12.0. The molecule has 0 aliphatic rings. The van der Waals surface area contributed by atoms with E-state index >= 15 is 0 Å². The Labute approximate surface area is 95.4 Å². The maximum Gasteiger partial charge on any atom is 0.0604 e. The first-order valence-electron chi connectivity index (χ1n) is 5.34. The molecule has 16 heavy (non-hydrogen) atoms. The third kappa shape index (κ3) is 3.69. The average molecular weight is 225 g/mol. The second-order valence-electron chi connectivity index (χ2n) is 3.54. The lowest BCUT2D eigenvalue weighted by Crippen LogP contribution is -2.18. The predicted molar refractivity (Wildman–Crippen MR) is 64.3 cm³/mol. The summed E-state index contributed by atoms with van der Waals surface area (Å²) in [6.07, 6.45) is 0. The third-order valence-electron chi connectivity index (χ3n) is 2.30. The first-order valence-corrected chi connectivity index (χ1v) is 5.34. The van der Waals surface area contributed by atoms with E-state index in [0.717, 1.165) is 11.3 Å². The number of benzene rings is 1. The minimum absolute atomic E-state index is 0.0841. The van der Waals surface area contributed by atoms with E-state index < -0.39 is 0 Å². The second kappa shape index (κ2) is 6.32. The number of rotatable bonds is 6. The first-order chi connectivity index (χ1) is 7.67. The third-order valence-corrected chi connectivity index (χ3v) is 2.30. The summed E-state index contributed by atoms with van der Waals surface area (Å²) in [5.74, 6) is 0. The van der Waals surface area contributed by atoms with Gasteiger partial charge in [-0.05, 0) is 23.8 Å². The van der Waals surface area contributed by atoms with Crippen LogP contribution in [0.3, 0.4) is 0 Å². The summed E-state index contributed by atoms with van der Waals surface area (Å²) in [4.78, 5) is 0. The summed E-state index contributed by atoms with van der Waals surface area (Å²) in [5.41, 5.74) is 8.22. The number of aliphatic hydroxyl groups is 1. The number of nitrogens with two attached hydrogens (primary N) is 1. The topological polar surface area (TPSA) is 81.8 Å². The fourth-order valence-electron chi connectivity index (χ4n) is 1.36. The van der Waals surface area contributed by atoms with Gasteiger partial charge in [0.05, 0.1) is 13.2 Å². The molecule has 5 heteroatoms. The van der Waals surface area contributed by atoms with Crippen LogP contribution in [-0.2, 0) is 6.54 Å². The van der Waals surface area contributed by atoms with Crippen molar-refractivity contribution < 1.29 is 10.3 Å². The molecule has 0 fully saturated rings. The molecule has 0 atom stereocenters. The van der Waals surface area contributed by atoms with E-state index in [1.165, 1.54) is 5.06 Å². The molecule has 1 aromatic carbocycles. The van der Waals surface area contributed by atoms with Gasteiger partial charge in [-0.3, -0.25) is 0 Å². The molecule has 0 saturated heterocycles. The zero-order valence-electron chi connectivity index (χ0n) is 9.48. The molecule has 0 radical (unpaired) electrons. The Hall–Kier alpha value is -1.30. The number of hydroxylamine groups is 2. The maximum atomic E-state index is 9.42. The molecule has 0 spiro atoms. The Kier molecular flexibility index (Phi) is 5.04. The van der Waals surface area contributed by atoms with Crippen molar-refractivity contribution >= 4 is 11.4 Å². The highest BCUT2D eigenvalue weighted by atomic mass is 16.5. The van der Waals surface area contributed by atoms with Crippen molar-refractivity contribution in [2.24, 2.45) is 0 Å². The lowest BCUT2D eigenvalue weighted by Gasteiger charge is -2.15. The SMILES string of the molecule is CCN(O)Cc1cc(NCCO)ccc1N. The van der Waals surface area contributed by atoms with E-state index in [1.54, 1.807) is 6.07 Å². The summed E-state index contributed by atoms with van der Waals surface area (Å²) in [7, 11) is 0. The number of nitrogen functional groups attached to an aromatic ring is 1. The summed E-state index contributed by atoms with van der Waals surface area (Å²) >= 11 is 0. The van der Waals surface area contributed by atoms with Crippen molar-refractivity contribution in [1.29, 1.82) is 0 Å². The van der Waals surface area contributed by atoms with Crippen LogP contribution in [-0.4, -0.2) is 35.1 Å². The molecule has 0 bridgehead atoms. The van der Waals surface area contributed by atoms with Gasteiger partial charge >= 0.3 is 0 Å². The van der Waals surface area contributed by atoms with Gasteiger partial charge in [-0.2, -0.15) is 5.06 Å². The van der Waals surface area contributed by atoms with Gasteiger partial charge in [-0.25, -0.2) is 0 Å². The standard InChI is InChI=1S/C11H19N3O2/c1-2-14(16)8-9-7-10(13-5-6-15)3-4-11(9)12/h3-4,7,13,15-16H,2,5-6,8,12H2,1H3. The van der Waals surface area contributed by atoms with Gasteiger partial charge in [0, 0.05) is 24.5 Å². The van der Waals surface area contributed by atoms with Gasteiger partial charge < -0.3 is 21.4 Å². The molecule has 5 N–H and O–H groups in total. The number of aliphatic hydroxyl groups excluding tert-OH is 1. The molecule has 0 saturated carbocycles. The van der Waals surface area contributed by atoms with Crippen LogP contribution >= 0.6 is 0 Å². The van der Waals surface area contributed by atoms with Crippen molar-refractivity contribution in [3.05, 3.63) is 23.8 Å². The van der Waals surface area contributed by atoms with Crippen LogP contribution in [0.5, 0.6) is 0 Å². The predicted octanol–water partition coefficient (Wildman–Crippen LogP) is 0.884. The van der Waals surface area contributed by atoms with Crippen LogP contribution in [0.25, 0.3) is 0 Å². The van der Waals surface area contributed by atoms with Crippen molar-refractivity contribution in [1.82, 2.24) is 5.06 Å². The van der Waals surface area contributed by atoms with Crippen molar-refractivity contribution in [3.8, 4) is 0 Å². The van der Waals surface area contributed by atoms with E-state index in [1.807, 2.05) is 19.1 Å². The Bertz CT molecular complexity index is 331. The largest absolute Gasteiger partial charge is 0.398 e. The molecule has 90 valence electrons. The smallest absolute Gasteiger partial charge is 0.0604 e. The highest BCUT2D eigenvalue weighted by molar-refractivity contribution is 5.57. The highest BCUT2D eigenvalue weighted by Gasteiger charge is 2.04. The lowest BCUT2D eigenvalue weighted by atomic mass is 10.1. The summed E-state index contributed by atoms with van der Waals surface area (Å²) in [6.45, 7) is 3.40. The van der Waals surface area contributed by atoms with Crippen LogP contribution in [0.15, 0.2) is 18.2 Å². The van der Waals surface area contributed by atoms with Crippen molar-refractivity contribution in [2.45, 2.75) is 13.5 Å². The molecule has 1 rings (SSSR count). The van der Waals surface area contributed by atoms with E-state index in [9.17, 15) is 5.21 Å². The quantitative estimate of drug-likeness (QED) is 0.427. The number of hydrogen-bond acceptors (Lipinski definition) is 5. The number of anilines is 2. The van der Waals surface area contributed by atoms with Crippen molar-refractivity contribution in [2.75, 3.05) is 30.7 Å². The maximum absolute atomic E-state index is 9.42. The van der Waals surface area contributed by atoms with Crippen LogP contribution in [0, 0.1) is 0 Å². The molecular formula is C11H19N3O2. The van der Waals surface area contributed by atoms with Crippen molar-refractivity contribution in [3.63, 3.8) is 0 Å². The molecule has 1 aromatic rings. The number of nitrogens with one attached hydrogen (secondary N) is 1. The Morgan fingerprint density at radius 1 is 1.44 bits per heavy atom. The number of nitrogens with zero attached hydrogens (tertiary/aromatic N) is 1. The molecule has 5 nitrogen and oxygen atoms in total. The Morgan fingerprint density at radius 3 is 2.81 bits per heavy atom. The van der Waals surface area contributed by atoms with Gasteiger partial charge in [-0.15, -0.1) is 0 Å².